The Kier molecular flexibility index (Phi) is 9.77. The highest BCUT2D eigenvalue weighted by atomic mass is 79.9. The first-order chi connectivity index (χ1) is 17.4. The molecule has 8 nitrogen and oxygen atoms in total. The number of imidazole rings is 1. The van der Waals surface area contributed by atoms with Gasteiger partial charge in [-0.25, -0.2) is 9.37 Å². The number of halogens is 4. The summed E-state index contributed by atoms with van der Waals surface area (Å²) in [5.74, 6) is -0.988. The van der Waals surface area contributed by atoms with Gasteiger partial charge in [-0.05, 0) is 62.2 Å². The van der Waals surface area contributed by atoms with E-state index in [0.717, 1.165) is 6.04 Å². The molecule has 2 aromatic carbocycles. The summed E-state index contributed by atoms with van der Waals surface area (Å²) < 4.78 is 28.8. The maximum atomic E-state index is 15.4. The fourth-order valence-electron chi connectivity index (χ4n) is 3.19. The van der Waals surface area contributed by atoms with Crippen molar-refractivity contribution in [3.05, 3.63) is 67.1 Å². The monoisotopic (exact) mass is 671 g/mol. The van der Waals surface area contributed by atoms with Gasteiger partial charge in [0.2, 0.25) is 5.95 Å². The zero-order valence-corrected chi connectivity index (χ0v) is 25.3. The minimum atomic E-state index is -1.28. The summed E-state index contributed by atoms with van der Waals surface area (Å²) in [5.41, 5.74) is 6.60. The second-order valence-electron chi connectivity index (χ2n) is 9.31. The Morgan fingerprint density at radius 2 is 2.03 bits per heavy atom. The number of hydrogen-bond donors (Lipinski definition) is 2. The number of anilines is 1. The number of carbonyl (C=O) groups excluding carboxylic acids is 1. The van der Waals surface area contributed by atoms with Crippen LogP contribution in [0.25, 0.3) is 0 Å². The van der Waals surface area contributed by atoms with Crippen LogP contribution in [0.4, 0.5) is 10.3 Å². The van der Waals surface area contributed by atoms with E-state index in [9.17, 15) is 4.79 Å². The van der Waals surface area contributed by atoms with E-state index >= 15 is 4.39 Å². The van der Waals surface area contributed by atoms with Crippen LogP contribution in [0.5, 0.6) is 11.5 Å². The second-order valence-corrected chi connectivity index (χ2v) is 17.0. The lowest BCUT2D eigenvalue weighted by molar-refractivity contribution is 0.0798. The van der Waals surface area contributed by atoms with Gasteiger partial charge in [0.25, 0.3) is 5.91 Å². The third-order valence-electron chi connectivity index (χ3n) is 5.18. The van der Waals surface area contributed by atoms with Gasteiger partial charge in [0, 0.05) is 31.8 Å². The molecule has 0 atom stereocenters. The van der Waals surface area contributed by atoms with Crippen LogP contribution in [0, 0.1) is 17.1 Å². The van der Waals surface area contributed by atoms with Crippen LogP contribution >= 0.6 is 43.5 Å². The zero-order chi connectivity index (χ0) is 27.3. The van der Waals surface area contributed by atoms with Crippen LogP contribution in [0.2, 0.25) is 30.7 Å². The minimum Gasteiger partial charge on any atom is -0.453 e. The predicted molar refractivity (Wildman–Crippen MR) is 150 cm³/mol. The van der Waals surface area contributed by atoms with E-state index in [0.29, 0.717) is 11.1 Å². The normalized spacial score (nSPS) is 11.3. The maximum absolute atomic E-state index is 15.4. The number of hydrogen-bond acceptors (Lipinski definition) is 6. The second kappa shape index (κ2) is 12.4. The summed E-state index contributed by atoms with van der Waals surface area (Å²) in [5, 5.41) is 12.1. The van der Waals surface area contributed by atoms with Gasteiger partial charge in [-0.3, -0.25) is 9.36 Å². The lowest BCUT2D eigenvalue weighted by atomic mass is 10.2. The van der Waals surface area contributed by atoms with E-state index in [1.165, 1.54) is 28.8 Å². The van der Waals surface area contributed by atoms with Gasteiger partial charge in [0.15, 0.2) is 11.6 Å². The highest BCUT2D eigenvalue weighted by molar-refractivity contribution is 9.10. The number of nitrogens with two attached hydrogens (primary N) is 1. The molecule has 0 fully saturated rings. The average molecular weight is 674 g/mol. The highest BCUT2D eigenvalue weighted by Crippen LogP contribution is 2.35. The molecule has 3 N–H and O–H groups in total. The van der Waals surface area contributed by atoms with E-state index in [1.807, 2.05) is 6.07 Å². The van der Waals surface area contributed by atoms with Crippen LogP contribution in [0.1, 0.15) is 21.6 Å². The van der Waals surface area contributed by atoms with Crippen molar-refractivity contribution in [3.63, 3.8) is 0 Å². The lowest BCUT2D eigenvalue weighted by Gasteiger charge is -2.16. The lowest BCUT2D eigenvalue weighted by Crippen LogP contribution is -2.27. The molecule has 37 heavy (non-hydrogen) atoms. The summed E-state index contributed by atoms with van der Waals surface area (Å²) in [4.78, 5) is 17.1. The molecule has 0 unspecified atom stereocenters. The molecule has 0 bridgehead atoms. The molecule has 0 aliphatic heterocycles. The SMILES string of the molecule is C[Si](C)(C)CCOCn1c(N)nc(Br)c1C(=O)NCc1ccc(Br)c(Oc2cc(Cl)cc(C#N)c2)c1F. The largest absolute Gasteiger partial charge is 0.453 e. The van der Waals surface area contributed by atoms with Crippen LogP contribution in [-0.4, -0.2) is 30.1 Å². The van der Waals surface area contributed by atoms with Crippen molar-refractivity contribution in [1.82, 2.24) is 14.9 Å². The summed E-state index contributed by atoms with van der Waals surface area (Å²) in [6, 6.07) is 10.4. The molecule has 0 saturated heterocycles. The van der Waals surface area contributed by atoms with Gasteiger partial charge in [0.05, 0.1) is 16.1 Å². The molecular formula is C24H25Br2ClFN5O3Si. The highest BCUT2D eigenvalue weighted by Gasteiger charge is 2.22. The Morgan fingerprint density at radius 1 is 1.30 bits per heavy atom. The fraction of sp³-hybridized carbons (Fsp3) is 0.292. The quantitative estimate of drug-likeness (QED) is 0.183. The van der Waals surface area contributed by atoms with Crippen molar-refractivity contribution in [3.8, 4) is 17.6 Å². The number of nitrogens with one attached hydrogen (secondary N) is 1. The number of benzene rings is 2. The Morgan fingerprint density at radius 3 is 2.70 bits per heavy atom. The van der Waals surface area contributed by atoms with Crippen LogP contribution in [-0.2, 0) is 18.0 Å². The molecule has 0 saturated carbocycles. The number of amides is 1. The van der Waals surface area contributed by atoms with Gasteiger partial charge in [-0.1, -0.05) is 37.3 Å². The summed E-state index contributed by atoms with van der Waals surface area (Å²) in [7, 11) is -1.28. The molecule has 196 valence electrons. The van der Waals surface area contributed by atoms with Gasteiger partial charge in [-0.2, -0.15) is 5.26 Å². The Bertz CT molecular complexity index is 1360. The molecule has 3 rings (SSSR count). The van der Waals surface area contributed by atoms with Crippen LogP contribution in [0.15, 0.2) is 39.4 Å². The molecular weight excluding hydrogens is 649 g/mol. The van der Waals surface area contributed by atoms with Crippen molar-refractivity contribution in [1.29, 1.82) is 5.26 Å². The summed E-state index contributed by atoms with van der Waals surface area (Å²) >= 11 is 12.6. The minimum absolute atomic E-state index is 0.0621. The third kappa shape index (κ3) is 7.78. The number of nitrogen functional groups attached to an aromatic ring is 1. The van der Waals surface area contributed by atoms with E-state index in [1.54, 1.807) is 6.07 Å². The molecule has 1 amide bonds. The van der Waals surface area contributed by atoms with Gasteiger partial charge in [-0.15, -0.1) is 0 Å². The van der Waals surface area contributed by atoms with Gasteiger partial charge < -0.3 is 20.5 Å². The molecule has 0 spiro atoms. The van der Waals surface area contributed by atoms with Crippen molar-refractivity contribution in [2.24, 2.45) is 0 Å². The smallest absolute Gasteiger partial charge is 0.271 e. The topological polar surface area (TPSA) is 115 Å². The van der Waals surface area contributed by atoms with E-state index < -0.39 is 19.8 Å². The molecule has 1 heterocycles. The number of nitrogens with zero attached hydrogens (tertiary/aromatic N) is 3. The zero-order valence-electron chi connectivity index (χ0n) is 20.4. The van der Waals surface area contributed by atoms with Crippen molar-refractivity contribution < 1.29 is 18.7 Å². The number of carbonyl (C=O) groups is 1. The first kappa shape index (κ1) is 29.1. The van der Waals surface area contributed by atoms with E-state index in [-0.39, 0.29) is 57.2 Å². The summed E-state index contributed by atoms with van der Waals surface area (Å²) in [6.07, 6.45) is 0. The first-order valence-electron chi connectivity index (χ1n) is 11.1. The van der Waals surface area contributed by atoms with Crippen molar-refractivity contribution >= 4 is 63.4 Å². The third-order valence-corrected chi connectivity index (χ3v) is 8.27. The molecule has 0 aliphatic rings. The Balaban J connectivity index is 1.75. The maximum Gasteiger partial charge on any atom is 0.271 e. The number of nitriles is 1. The Hall–Kier alpha value is -2.43. The standard InChI is InChI=1S/C24H25Br2ClFN5O3Si/c1-37(2,3)7-6-35-13-33-20(22(26)32-24(33)30)23(34)31-12-15-4-5-18(25)21(19(15)28)36-17-9-14(11-29)8-16(27)10-17/h4-5,8-10H,6-7,12-13H2,1-3H3,(H2,30,32)(H,31,34). The number of rotatable bonds is 10. The number of ether oxygens (including phenoxy) is 2. The Labute approximate surface area is 237 Å². The van der Waals surface area contributed by atoms with Gasteiger partial charge in [0.1, 0.15) is 22.8 Å². The van der Waals surface area contributed by atoms with Gasteiger partial charge >= 0.3 is 0 Å². The molecule has 0 radical (unpaired) electrons. The van der Waals surface area contributed by atoms with E-state index in [4.69, 9.17) is 32.1 Å². The predicted octanol–water partition coefficient (Wildman–Crippen LogP) is 6.69. The van der Waals surface area contributed by atoms with Crippen LogP contribution < -0.4 is 15.8 Å². The molecule has 0 aliphatic carbocycles. The fourth-order valence-corrected chi connectivity index (χ4v) is 5.13. The first-order valence-corrected chi connectivity index (χ1v) is 16.8. The molecule has 3 aromatic rings. The van der Waals surface area contributed by atoms with E-state index in [2.05, 4.69) is 61.8 Å². The molecule has 13 heteroatoms. The summed E-state index contributed by atoms with van der Waals surface area (Å²) in [6.45, 7) is 7.20. The number of aromatic nitrogens is 2. The average Bonchev–Trinajstić information content (AvgIpc) is 3.10. The van der Waals surface area contributed by atoms with Crippen LogP contribution in [0.3, 0.4) is 0 Å². The van der Waals surface area contributed by atoms with Crippen molar-refractivity contribution in [2.45, 2.75) is 39.0 Å². The molecule has 1 aromatic heterocycles. The van der Waals surface area contributed by atoms with Crippen molar-refractivity contribution in [2.75, 3.05) is 12.3 Å².